The van der Waals surface area contributed by atoms with E-state index in [1.807, 2.05) is 0 Å². The van der Waals surface area contributed by atoms with Crippen LogP contribution in [0.2, 0.25) is 0 Å². The second-order valence-corrected chi connectivity index (χ2v) is 4.78. The van der Waals surface area contributed by atoms with Crippen molar-refractivity contribution in [3.05, 3.63) is 0 Å². The van der Waals surface area contributed by atoms with E-state index in [0.29, 0.717) is 6.17 Å². The van der Waals surface area contributed by atoms with Crippen LogP contribution in [0, 0.1) is 5.92 Å². The van der Waals surface area contributed by atoms with Crippen LogP contribution in [0.3, 0.4) is 0 Å². The molecule has 0 saturated carbocycles. The molecule has 16 heavy (non-hydrogen) atoms. The largest absolute Gasteiger partial charge is 0.289 e. The molecule has 0 amide bonds. The third kappa shape index (κ3) is 5.31. The van der Waals surface area contributed by atoms with Crippen molar-refractivity contribution < 1.29 is 0 Å². The average molecular weight is 228 g/mol. The summed E-state index contributed by atoms with van der Waals surface area (Å²) >= 11 is 0. The third-order valence-corrected chi connectivity index (χ3v) is 3.88. The Hall–Kier alpha value is -0.0800. The van der Waals surface area contributed by atoms with Crippen LogP contribution in [-0.2, 0) is 0 Å². The Morgan fingerprint density at radius 1 is 0.812 bits per heavy atom. The van der Waals surface area contributed by atoms with E-state index in [2.05, 4.69) is 51.3 Å². The zero-order chi connectivity index (χ0) is 12.6. The lowest BCUT2D eigenvalue weighted by molar-refractivity contribution is 0.0625. The summed E-state index contributed by atoms with van der Waals surface area (Å²) in [6.45, 7) is 18.5. The van der Waals surface area contributed by atoms with E-state index in [9.17, 15) is 0 Å². The van der Waals surface area contributed by atoms with Crippen LogP contribution < -0.4 is 0 Å². The summed E-state index contributed by atoms with van der Waals surface area (Å²) in [7, 11) is 0. The fourth-order valence-corrected chi connectivity index (χ4v) is 2.18. The van der Waals surface area contributed by atoms with Gasteiger partial charge < -0.3 is 0 Å². The Labute approximate surface area is 103 Å². The van der Waals surface area contributed by atoms with Gasteiger partial charge in [0.15, 0.2) is 0 Å². The van der Waals surface area contributed by atoms with Gasteiger partial charge in [-0.3, -0.25) is 9.80 Å². The molecule has 0 heterocycles. The molecule has 2 atom stereocenters. The summed E-state index contributed by atoms with van der Waals surface area (Å²) in [5, 5.41) is 0. The number of hydrogen-bond acceptors (Lipinski definition) is 2. The van der Waals surface area contributed by atoms with Crippen LogP contribution in [0.25, 0.3) is 0 Å². The standard InChI is InChI=1S/C14H32N2/c1-7-13(5)11-12-16(10-4)14(6)15(8-2)9-3/h13-14H,7-12H2,1-6H3. The Bertz CT molecular complexity index is 155. The molecule has 0 spiro atoms. The van der Waals surface area contributed by atoms with Crippen LogP contribution in [0.1, 0.15) is 54.4 Å². The zero-order valence-electron chi connectivity index (χ0n) is 12.3. The lowest BCUT2D eigenvalue weighted by Crippen LogP contribution is -2.46. The van der Waals surface area contributed by atoms with Gasteiger partial charge in [-0.05, 0) is 45.4 Å². The van der Waals surface area contributed by atoms with Gasteiger partial charge in [0.2, 0.25) is 0 Å². The average Bonchev–Trinajstić information content (AvgIpc) is 2.31. The quantitative estimate of drug-likeness (QED) is 0.558. The van der Waals surface area contributed by atoms with E-state index in [1.165, 1.54) is 19.4 Å². The molecular formula is C14H32N2. The van der Waals surface area contributed by atoms with E-state index >= 15 is 0 Å². The summed E-state index contributed by atoms with van der Waals surface area (Å²) < 4.78 is 0. The van der Waals surface area contributed by atoms with Crippen molar-refractivity contribution in [2.45, 2.75) is 60.5 Å². The highest BCUT2D eigenvalue weighted by Crippen LogP contribution is 2.11. The number of nitrogens with zero attached hydrogens (tertiary/aromatic N) is 2. The van der Waals surface area contributed by atoms with E-state index in [-0.39, 0.29) is 0 Å². The minimum atomic E-state index is 0.587. The Morgan fingerprint density at radius 2 is 1.31 bits per heavy atom. The molecule has 98 valence electrons. The maximum atomic E-state index is 2.60. The van der Waals surface area contributed by atoms with Gasteiger partial charge in [0.1, 0.15) is 0 Å². The van der Waals surface area contributed by atoms with Crippen molar-refractivity contribution in [1.29, 1.82) is 0 Å². The van der Waals surface area contributed by atoms with Gasteiger partial charge in [-0.25, -0.2) is 0 Å². The topological polar surface area (TPSA) is 6.48 Å². The Balaban J connectivity index is 4.14. The predicted octanol–water partition coefficient (Wildman–Crippen LogP) is 3.43. The molecule has 0 aliphatic carbocycles. The van der Waals surface area contributed by atoms with Gasteiger partial charge in [-0.2, -0.15) is 0 Å². The van der Waals surface area contributed by atoms with Gasteiger partial charge >= 0.3 is 0 Å². The maximum Gasteiger partial charge on any atom is 0.0592 e. The minimum Gasteiger partial charge on any atom is -0.289 e. The summed E-state index contributed by atoms with van der Waals surface area (Å²) in [4.78, 5) is 5.12. The predicted molar refractivity (Wildman–Crippen MR) is 73.7 cm³/mol. The van der Waals surface area contributed by atoms with E-state index < -0.39 is 0 Å². The fourth-order valence-electron chi connectivity index (χ4n) is 2.18. The molecule has 0 N–H and O–H groups in total. The summed E-state index contributed by atoms with van der Waals surface area (Å²) in [6, 6.07) is 0. The van der Waals surface area contributed by atoms with Crippen LogP contribution >= 0.6 is 0 Å². The summed E-state index contributed by atoms with van der Waals surface area (Å²) in [5.74, 6) is 0.859. The molecule has 0 saturated heterocycles. The monoisotopic (exact) mass is 228 g/mol. The normalized spacial score (nSPS) is 15.8. The Morgan fingerprint density at radius 3 is 1.69 bits per heavy atom. The second-order valence-electron chi connectivity index (χ2n) is 4.78. The smallest absolute Gasteiger partial charge is 0.0592 e. The first-order chi connectivity index (χ1) is 7.60. The van der Waals surface area contributed by atoms with Gasteiger partial charge in [0, 0.05) is 0 Å². The van der Waals surface area contributed by atoms with Crippen molar-refractivity contribution in [3.8, 4) is 0 Å². The molecule has 0 aromatic carbocycles. The third-order valence-electron chi connectivity index (χ3n) is 3.88. The van der Waals surface area contributed by atoms with E-state index in [0.717, 1.165) is 25.6 Å². The zero-order valence-corrected chi connectivity index (χ0v) is 12.3. The lowest BCUT2D eigenvalue weighted by Gasteiger charge is -2.36. The second kappa shape index (κ2) is 9.00. The molecule has 0 radical (unpaired) electrons. The van der Waals surface area contributed by atoms with Gasteiger partial charge in [0.25, 0.3) is 0 Å². The Kier molecular flexibility index (Phi) is 8.96. The molecule has 0 rings (SSSR count). The molecule has 0 bridgehead atoms. The molecule has 0 aromatic heterocycles. The van der Waals surface area contributed by atoms with Crippen LogP contribution in [-0.4, -0.2) is 42.1 Å². The van der Waals surface area contributed by atoms with E-state index in [1.54, 1.807) is 0 Å². The lowest BCUT2D eigenvalue weighted by atomic mass is 10.1. The first kappa shape index (κ1) is 15.9. The van der Waals surface area contributed by atoms with Crippen LogP contribution in [0.5, 0.6) is 0 Å². The highest BCUT2D eigenvalue weighted by atomic mass is 15.3. The SMILES string of the molecule is CCC(C)CCN(CC)C(C)N(CC)CC. The molecule has 0 aliphatic rings. The van der Waals surface area contributed by atoms with E-state index in [4.69, 9.17) is 0 Å². The van der Waals surface area contributed by atoms with Crippen LogP contribution in [0.15, 0.2) is 0 Å². The first-order valence-electron chi connectivity index (χ1n) is 7.08. The highest BCUT2D eigenvalue weighted by Gasteiger charge is 2.17. The molecule has 2 heteroatoms. The van der Waals surface area contributed by atoms with Crippen molar-refractivity contribution in [2.75, 3.05) is 26.2 Å². The summed E-state index contributed by atoms with van der Waals surface area (Å²) in [5.41, 5.74) is 0. The van der Waals surface area contributed by atoms with Gasteiger partial charge in [0.05, 0.1) is 6.17 Å². The summed E-state index contributed by atoms with van der Waals surface area (Å²) in [6.07, 6.45) is 3.22. The fraction of sp³-hybridized carbons (Fsp3) is 1.00. The van der Waals surface area contributed by atoms with Crippen molar-refractivity contribution >= 4 is 0 Å². The molecular weight excluding hydrogens is 196 g/mol. The molecule has 0 fully saturated rings. The first-order valence-corrected chi connectivity index (χ1v) is 7.08. The number of hydrogen-bond donors (Lipinski definition) is 0. The van der Waals surface area contributed by atoms with Gasteiger partial charge in [-0.1, -0.05) is 41.0 Å². The molecule has 2 nitrogen and oxygen atoms in total. The molecule has 2 unspecified atom stereocenters. The van der Waals surface area contributed by atoms with Gasteiger partial charge in [-0.15, -0.1) is 0 Å². The van der Waals surface area contributed by atoms with Crippen LogP contribution in [0.4, 0.5) is 0 Å². The minimum absolute atomic E-state index is 0.587. The van der Waals surface area contributed by atoms with Crippen molar-refractivity contribution in [3.63, 3.8) is 0 Å². The molecule has 0 aromatic rings. The van der Waals surface area contributed by atoms with Crippen molar-refractivity contribution in [2.24, 2.45) is 5.92 Å². The maximum absolute atomic E-state index is 2.60. The number of rotatable bonds is 9. The van der Waals surface area contributed by atoms with Crippen molar-refractivity contribution in [1.82, 2.24) is 9.80 Å². The highest BCUT2D eigenvalue weighted by molar-refractivity contribution is 4.68. The molecule has 0 aliphatic heterocycles.